The maximum Gasteiger partial charge on any atom is 0.223 e. The Kier molecular flexibility index (Phi) is 5.01. The molecular formula is C16H24N2O2. The van der Waals surface area contributed by atoms with Crippen molar-refractivity contribution in [3.05, 3.63) is 28.8 Å². The first-order valence-electron chi connectivity index (χ1n) is 7.32. The Morgan fingerprint density at radius 2 is 2.00 bits per heavy atom. The smallest absolute Gasteiger partial charge is 0.223 e. The average molecular weight is 276 g/mol. The van der Waals surface area contributed by atoms with Crippen LogP contribution in [0.1, 0.15) is 36.0 Å². The summed E-state index contributed by atoms with van der Waals surface area (Å²) in [6.07, 6.45) is 3.53. The first-order valence-corrected chi connectivity index (χ1v) is 7.32. The van der Waals surface area contributed by atoms with E-state index in [9.17, 15) is 4.79 Å². The van der Waals surface area contributed by atoms with E-state index in [0.29, 0.717) is 25.6 Å². The van der Waals surface area contributed by atoms with Crippen molar-refractivity contribution < 1.29 is 9.53 Å². The molecule has 4 heteroatoms. The van der Waals surface area contributed by atoms with Gasteiger partial charge in [-0.1, -0.05) is 12.1 Å². The van der Waals surface area contributed by atoms with Gasteiger partial charge in [0, 0.05) is 6.04 Å². The van der Waals surface area contributed by atoms with Crippen LogP contribution in [-0.2, 0) is 11.2 Å². The van der Waals surface area contributed by atoms with Crippen molar-refractivity contribution in [2.75, 3.05) is 13.2 Å². The number of hydrogen-bond acceptors (Lipinski definition) is 3. The Labute approximate surface area is 120 Å². The van der Waals surface area contributed by atoms with E-state index in [2.05, 4.69) is 17.4 Å². The van der Waals surface area contributed by atoms with Gasteiger partial charge in [-0.05, 0) is 56.3 Å². The van der Waals surface area contributed by atoms with Crippen LogP contribution in [-0.4, -0.2) is 25.1 Å². The van der Waals surface area contributed by atoms with Crippen molar-refractivity contribution in [2.24, 2.45) is 5.73 Å². The Morgan fingerprint density at radius 1 is 1.35 bits per heavy atom. The minimum Gasteiger partial charge on any atom is -0.493 e. The molecule has 1 saturated carbocycles. The number of rotatable bonds is 7. The number of nitrogens with one attached hydrogen (secondary N) is 1. The molecule has 1 aromatic carbocycles. The summed E-state index contributed by atoms with van der Waals surface area (Å²) in [7, 11) is 0. The molecule has 0 unspecified atom stereocenters. The highest BCUT2D eigenvalue weighted by atomic mass is 16.5. The number of amides is 1. The van der Waals surface area contributed by atoms with Gasteiger partial charge in [0.2, 0.25) is 5.91 Å². The van der Waals surface area contributed by atoms with Crippen molar-refractivity contribution in [3.8, 4) is 5.75 Å². The van der Waals surface area contributed by atoms with Gasteiger partial charge >= 0.3 is 0 Å². The van der Waals surface area contributed by atoms with Gasteiger partial charge in [0.15, 0.2) is 0 Å². The van der Waals surface area contributed by atoms with E-state index in [1.165, 1.54) is 5.56 Å². The summed E-state index contributed by atoms with van der Waals surface area (Å²) in [5, 5.41) is 2.96. The lowest BCUT2D eigenvalue weighted by Gasteiger charge is -2.14. The van der Waals surface area contributed by atoms with E-state index in [1.54, 1.807) is 0 Å². The van der Waals surface area contributed by atoms with Gasteiger partial charge in [0.1, 0.15) is 5.75 Å². The fourth-order valence-corrected chi connectivity index (χ4v) is 2.35. The third-order valence-corrected chi connectivity index (χ3v) is 3.47. The summed E-state index contributed by atoms with van der Waals surface area (Å²) >= 11 is 0. The first-order chi connectivity index (χ1) is 9.60. The lowest BCUT2D eigenvalue weighted by atomic mass is 10.0. The zero-order valence-corrected chi connectivity index (χ0v) is 12.4. The van der Waals surface area contributed by atoms with Crippen LogP contribution in [0.2, 0.25) is 0 Å². The molecule has 0 saturated heterocycles. The number of benzene rings is 1. The Hall–Kier alpha value is -1.55. The SMILES string of the molecule is Cc1cc(CCN)cc(C)c1OCCC(=O)NC1CC1. The Bertz CT molecular complexity index is 458. The molecular weight excluding hydrogens is 252 g/mol. The number of carbonyl (C=O) groups is 1. The Morgan fingerprint density at radius 3 is 2.55 bits per heavy atom. The van der Waals surface area contributed by atoms with Crippen molar-refractivity contribution in [2.45, 2.75) is 45.6 Å². The van der Waals surface area contributed by atoms with Gasteiger partial charge in [0.25, 0.3) is 0 Å². The standard InChI is InChI=1S/C16H24N2O2/c1-11-9-13(5-7-17)10-12(2)16(11)20-8-6-15(19)18-14-3-4-14/h9-10,14H,3-8,17H2,1-2H3,(H,18,19). The fourth-order valence-electron chi connectivity index (χ4n) is 2.35. The van der Waals surface area contributed by atoms with Crippen molar-refractivity contribution in [3.63, 3.8) is 0 Å². The third-order valence-electron chi connectivity index (χ3n) is 3.47. The van der Waals surface area contributed by atoms with Crippen molar-refractivity contribution in [1.29, 1.82) is 0 Å². The molecule has 0 atom stereocenters. The molecule has 0 aliphatic heterocycles. The molecule has 1 fully saturated rings. The zero-order valence-electron chi connectivity index (χ0n) is 12.4. The fraction of sp³-hybridized carbons (Fsp3) is 0.562. The van der Waals surface area contributed by atoms with Gasteiger partial charge in [-0.3, -0.25) is 4.79 Å². The quantitative estimate of drug-likeness (QED) is 0.799. The summed E-state index contributed by atoms with van der Waals surface area (Å²) in [5.41, 5.74) is 9.03. The summed E-state index contributed by atoms with van der Waals surface area (Å²) < 4.78 is 5.78. The molecule has 0 bridgehead atoms. The highest BCUT2D eigenvalue weighted by molar-refractivity contribution is 5.76. The lowest BCUT2D eigenvalue weighted by molar-refractivity contribution is -0.121. The molecule has 3 N–H and O–H groups in total. The molecule has 20 heavy (non-hydrogen) atoms. The molecule has 0 spiro atoms. The highest BCUT2D eigenvalue weighted by Gasteiger charge is 2.22. The molecule has 1 aromatic rings. The van der Waals surface area contributed by atoms with E-state index < -0.39 is 0 Å². The molecule has 4 nitrogen and oxygen atoms in total. The molecule has 1 amide bonds. The van der Waals surface area contributed by atoms with Crippen LogP contribution in [0.3, 0.4) is 0 Å². The summed E-state index contributed by atoms with van der Waals surface area (Å²) in [6.45, 7) is 5.15. The maximum absolute atomic E-state index is 11.6. The van der Waals surface area contributed by atoms with Crippen LogP contribution < -0.4 is 15.8 Å². The van der Waals surface area contributed by atoms with Gasteiger partial charge in [-0.15, -0.1) is 0 Å². The first kappa shape index (κ1) is 14.9. The minimum atomic E-state index is 0.0857. The number of carbonyl (C=O) groups excluding carboxylic acids is 1. The summed E-state index contributed by atoms with van der Waals surface area (Å²) in [4.78, 5) is 11.6. The normalized spacial score (nSPS) is 14.2. The molecule has 0 aromatic heterocycles. The van der Waals surface area contributed by atoms with Crippen LogP contribution in [0.5, 0.6) is 5.75 Å². The minimum absolute atomic E-state index is 0.0857. The summed E-state index contributed by atoms with van der Waals surface area (Å²) in [6, 6.07) is 4.64. The second-order valence-electron chi connectivity index (χ2n) is 5.54. The molecule has 1 aliphatic carbocycles. The number of nitrogens with two attached hydrogens (primary N) is 1. The number of aryl methyl sites for hydroxylation is 2. The van der Waals surface area contributed by atoms with Gasteiger partial charge < -0.3 is 15.8 Å². The second kappa shape index (κ2) is 6.75. The van der Waals surface area contributed by atoms with Crippen LogP contribution >= 0.6 is 0 Å². The summed E-state index contributed by atoms with van der Waals surface area (Å²) in [5.74, 6) is 0.979. The lowest BCUT2D eigenvalue weighted by Crippen LogP contribution is -2.26. The van der Waals surface area contributed by atoms with Crippen LogP contribution in [0.4, 0.5) is 0 Å². The Balaban J connectivity index is 1.86. The zero-order chi connectivity index (χ0) is 14.5. The van der Waals surface area contributed by atoms with E-state index >= 15 is 0 Å². The predicted molar refractivity (Wildman–Crippen MR) is 80.0 cm³/mol. The van der Waals surface area contributed by atoms with Crippen LogP contribution in [0.15, 0.2) is 12.1 Å². The van der Waals surface area contributed by atoms with Gasteiger partial charge in [-0.2, -0.15) is 0 Å². The maximum atomic E-state index is 11.6. The highest BCUT2D eigenvalue weighted by Crippen LogP contribution is 2.25. The average Bonchev–Trinajstić information content (AvgIpc) is 3.17. The molecule has 0 radical (unpaired) electrons. The monoisotopic (exact) mass is 276 g/mol. The molecule has 2 rings (SSSR count). The van der Waals surface area contributed by atoms with Gasteiger partial charge in [-0.25, -0.2) is 0 Å². The van der Waals surface area contributed by atoms with Crippen LogP contribution in [0, 0.1) is 13.8 Å². The number of ether oxygens (including phenoxy) is 1. The van der Waals surface area contributed by atoms with E-state index in [0.717, 1.165) is 36.1 Å². The van der Waals surface area contributed by atoms with E-state index in [1.807, 2.05) is 13.8 Å². The van der Waals surface area contributed by atoms with E-state index in [4.69, 9.17) is 10.5 Å². The molecule has 1 aliphatic rings. The second-order valence-corrected chi connectivity index (χ2v) is 5.54. The van der Waals surface area contributed by atoms with Gasteiger partial charge in [0.05, 0.1) is 13.0 Å². The molecule has 110 valence electrons. The van der Waals surface area contributed by atoms with Crippen LogP contribution in [0.25, 0.3) is 0 Å². The topological polar surface area (TPSA) is 64.3 Å². The predicted octanol–water partition coefficient (Wildman–Crippen LogP) is 1.85. The number of hydrogen-bond donors (Lipinski definition) is 2. The van der Waals surface area contributed by atoms with Crippen molar-refractivity contribution in [1.82, 2.24) is 5.32 Å². The largest absolute Gasteiger partial charge is 0.493 e. The van der Waals surface area contributed by atoms with Crippen molar-refractivity contribution >= 4 is 5.91 Å². The third kappa shape index (κ3) is 4.23. The molecule has 0 heterocycles. The van der Waals surface area contributed by atoms with E-state index in [-0.39, 0.29) is 5.91 Å².